The second kappa shape index (κ2) is 3.98. The summed E-state index contributed by atoms with van der Waals surface area (Å²) in [6.07, 6.45) is -4.33. The van der Waals surface area contributed by atoms with Gasteiger partial charge in [0.05, 0.1) is 5.56 Å². The summed E-state index contributed by atoms with van der Waals surface area (Å²) in [5, 5.41) is -0.426. The fourth-order valence-electron chi connectivity index (χ4n) is 2.56. The zero-order valence-electron chi connectivity index (χ0n) is 9.88. The van der Waals surface area contributed by atoms with E-state index in [1.807, 2.05) is 13.8 Å². The van der Waals surface area contributed by atoms with Crippen LogP contribution in [0.3, 0.4) is 0 Å². The lowest BCUT2D eigenvalue weighted by atomic mass is 10.0. The van der Waals surface area contributed by atoms with Gasteiger partial charge in [0.1, 0.15) is 0 Å². The van der Waals surface area contributed by atoms with E-state index in [2.05, 4.69) is 0 Å². The van der Waals surface area contributed by atoms with Gasteiger partial charge < -0.3 is 0 Å². The minimum absolute atomic E-state index is 0.0928. The summed E-state index contributed by atoms with van der Waals surface area (Å²) in [6.45, 7) is 3.78. The Morgan fingerprint density at radius 2 is 1.72 bits per heavy atom. The van der Waals surface area contributed by atoms with Gasteiger partial charge in [-0.1, -0.05) is 26.0 Å². The van der Waals surface area contributed by atoms with Gasteiger partial charge in [-0.2, -0.15) is 13.2 Å². The summed E-state index contributed by atoms with van der Waals surface area (Å²) >= 11 is 5.49. The van der Waals surface area contributed by atoms with E-state index in [4.69, 9.17) is 11.6 Å². The van der Waals surface area contributed by atoms with Crippen molar-refractivity contribution in [2.75, 3.05) is 0 Å². The molecule has 0 amide bonds. The number of alkyl halides is 3. The van der Waals surface area contributed by atoms with Crippen molar-refractivity contribution in [3.8, 4) is 0 Å². The molecule has 0 spiro atoms. The van der Waals surface area contributed by atoms with Crippen LogP contribution in [0.25, 0.3) is 0 Å². The molecule has 0 saturated heterocycles. The molecule has 1 aliphatic carbocycles. The maximum Gasteiger partial charge on any atom is 0.416 e. The smallest absolute Gasteiger partial charge is 0.281 e. The predicted molar refractivity (Wildman–Crippen MR) is 62.3 cm³/mol. The molecule has 0 unspecified atom stereocenters. The number of carbonyl (C=O) groups excluding carboxylic acids is 1. The van der Waals surface area contributed by atoms with Gasteiger partial charge in [-0.05, 0) is 34.7 Å². The van der Waals surface area contributed by atoms with Crippen molar-refractivity contribution >= 4 is 16.8 Å². The molecule has 2 atom stereocenters. The number of halogens is 4. The second-order valence-electron chi connectivity index (χ2n) is 5.20. The van der Waals surface area contributed by atoms with Crippen LogP contribution < -0.4 is 0 Å². The topological polar surface area (TPSA) is 17.1 Å². The van der Waals surface area contributed by atoms with Gasteiger partial charge in [0, 0.05) is 11.8 Å². The van der Waals surface area contributed by atoms with Gasteiger partial charge in [0.25, 0.3) is 0 Å². The average molecular weight is 277 g/mol. The number of carbonyl (C=O) groups is 1. The molecule has 0 bridgehead atoms. The van der Waals surface area contributed by atoms with Crippen molar-refractivity contribution in [1.29, 1.82) is 0 Å². The molecular formula is C13H12ClF3O. The first-order chi connectivity index (χ1) is 8.15. The lowest BCUT2D eigenvalue weighted by Crippen LogP contribution is -2.04. The van der Waals surface area contributed by atoms with E-state index >= 15 is 0 Å². The van der Waals surface area contributed by atoms with Crippen molar-refractivity contribution in [3.05, 3.63) is 35.4 Å². The van der Waals surface area contributed by atoms with E-state index in [0.29, 0.717) is 0 Å². The van der Waals surface area contributed by atoms with Crippen molar-refractivity contribution in [1.82, 2.24) is 0 Å². The van der Waals surface area contributed by atoms with Crippen LogP contribution in [0.1, 0.15) is 30.9 Å². The molecule has 1 saturated carbocycles. The molecule has 98 valence electrons. The molecule has 18 heavy (non-hydrogen) atoms. The lowest BCUT2D eigenvalue weighted by molar-refractivity contribution is -0.137. The van der Waals surface area contributed by atoms with Gasteiger partial charge >= 0.3 is 6.18 Å². The number of benzene rings is 1. The average Bonchev–Trinajstić information content (AvgIpc) is 2.80. The molecule has 1 nitrogen and oxygen atoms in total. The molecule has 5 heteroatoms. The molecule has 0 aliphatic heterocycles. The summed E-state index contributed by atoms with van der Waals surface area (Å²) in [6, 6.07) is 4.93. The minimum Gasteiger partial charge on any atom is -0.281 e. The highest BCUT2D eigenvalue weighted by atomic mass is 35.5. The van der Waals surface area contributed by atoms with E-state index < -0.39 is 17.0 Å². The SMILES string of the molecule is CC1(C)[C@H](C(=O)Cl)[C@H]1c1ccc(C(F)(F)F)cc1. The van der Waals surface area contributed by atoms with Crippen LogP contribution in [0.2, 0.25) is 0 Å². The van der Waals surface area contributed by atoms with E-state index in [1.54, 1.807) is 0 Å². The van der Waals surface area contributed by atoms with Crippen LogP contribution >= 0.6 is 11.6 Å². The largest absolute Gasteiger partial charge is 0.416 e. The van der Waals surface area contributed by atoms with Crippen molar-refractivity contribution in [2.45, 2.75) is 25.9 Å². The Bertz CT molecular complexity index is 476. The van der Waals surface area contributed by atoms with E-state index in [0.717, 1.165) is 17.7 Å². The van der Waals surface area contributed by atoms with Gasteiger partial charge in [0.2, 0.25) is 5.24 Å². The summed E-state index contributed by atoms with van der Waals surface area (Å²) in [5.41, 5.74) is -0.232. The van der Waals surface area contributed by atoms with Crippen LogP contribution in [0.5, 0.6) is 0 Å². The van der Waals surface area contributed by atoms with Gasteiger partial charge in [-0.15, -0.1) is 0 Å². The fraction of sp³-hybridized carbons (Fsp3) is 0.462. The molecule has 1 aliphatic rings. The maximum atomic E-state index is 12.4. The summed E-state index contributed by atoms with van der Waals surface area (Å²) in [7, 11) is 0. The third kappa shape index (κ3) is 2.14. The normalized spacial score (nSPS) is 25.9. The Labute approximate surface area is 108 Å². The monoisotopic (exact) mass is 276 g/mol. The first-order valence-corrected chi connectivity index (χ1v) is 5.90. The lowest BCUT2D eigenvalue weighted by Gasteiger charge is -2.08. The van der Waals surface area contributed by atoms with Crippen LogP contribution in [0.15, 0.2) is 24.3 Å². The highest BCUT2D eigenvalue weighted by Crippen LogP contribution is 2.65. The minimum atomic E-state index is -4.33. The third-order valence-corrected chi connectivity index (χ3v) is 3.90. The zero-order valence-corrected chi connectivity index (χ0v) is 10.6. The first kappa shape index (κ1) is 13.4. The Balaban J connectivity index is 2.25. The number of hydrogen-bond donors (Lipinski definition) is 0. The molecule has 0 aromatic heterocycles. The van der Waals surface area contributed by atoms with Crippen molar-refractivity contribution < 1.29 is 18.0 Å². The van der Waals surface area contributed by atoms with Crippen LogP contribution in [0, 0.1) is 11.3 Å². The first-order valence-electron chi connectivity index (χ1n) is 5.52. The Hall–Kier alpha value is -1.03. The molecule has 1 aromatic rings. The Morgan fingerprint density at radius 3 is 2.06 bits per heavy atom. The highest BCUT2D eigenvalue weighted by Gasteiger charge is 2.61. The van der Waals surface area contributed by atoms with E-state index in [1.165, 1.54) is 12.1 Å². The van der Waals surface area contributed by atoms with Crippen molar-refractivity contribution in [3.63, 3.8) is 0 Å². The van der Waals surface area contributed by atoms with Crippen LogP contribution in [-0.4, -0.2) is 5.24 Å². The maximum absolute atomic E-state index is 12.4. The molecule has 0 radical (unpaired) electrons. The van der Waals surface area contributed by atoms with Gasteiger partial charge in [-0.25, -0.2) is 0 Å². The summed E-state index contributed by atoms with van der Waals surface area (Å²) in [4.78, 5) is 11.2. The highest BCUT2D eigenvalue weighted by molar-refractivity contribution is 6.64. The third-order valence-electron chi connectivity index (χ3n) is 3.67. The van der Waals surface area contributed by atoms with Crippen LogP contribution in [0.4, 0.5) is 13.2 Å². The van der Waals surface area contributed by atoms with Crippen LogP contribution in [-0.2, 0) is 11.0 Å². The Morgan fingerprint density at radius 1 is 1.22 bits per heavy atom. The molecule has 1 aromatic carbocycles. The van der Waals surface area contributed by atoms with Gasteiger partial charge in [-0.3, -0.25) is 4.79 Å². The number of hydrogen-bond acceptors (Lipinski definition) is 1. The van der Waals surface area contributed by atoms with E-state index in [9.17, 15) is 18.0 Å². The zero-order chi connectivity index (χ0) is 13.7. The molecule has 2 rings (SSSR count). The number of rotatable bonds is 2. The standard InChI is InChI=1S/C13H12ClF3O/c1-12(2)9(10(12)11(14)18)7-3-5-8(6-4-7)13(15,16)17/h3-6,9-10H,1-2H3/t9-,10+/m1/s1. The van der Waals surface area contributed by atoms with Gasteiger partial charge in [0.15, 0.2) is 0 Å². The summed E-state index contributed by atoms with van der Waals surface area (Å²) < 4.78 is 37.3. The van der Waals surface area contributed by atoms with E-state index in [-0.39, 0.29) is 17.3 Å². The molecule has 0 N–H and O–H groups in total. The second-order valence-corrected chi connectivity index (χ2v) is 5.57. The summed E-state index contributed by atoms with van der Waals surface area (Å²) in [5.74, 6) is -0.402. The molecular weight excluding hydrogens is 265 g/mol. The molecule has 1 fully saturated rings. The predicted octanol–water partition coefficient (Wildman–Crippen LogP) is 4.21. The quantitative estimate of drug-likeness (QED) is 0.740. The fourth-order valence-corrected chi connectivity index (χ4v) is 2.97. The Kier molecular flexibility index (Phi) is 2.97. The molecule has 0 heterocycles. The van der Waals surface area contributed by atoms with Crippen molar-refractivity contribution in [2.24, 2.45) is 11.3 Å².